The van der Waals surface area contributed by atoms with Gasteiger partial charge in [0.15, 0.2) is 0 Å². The maximum absolute atomic E-state index is 5.39. The molecule has 1 aromatic heterocycles. The van der Waals surface area contributed by atoms with Crippen molar-refractivity contribution in [2.45, 2.75) is 46.1 Å². The van der Waals surface area contributed by atoms with Crippen molar-refractivity contribution in [2.75, 3.05) is 6.54 Å². The number of hydrogen-bond donors (Lipinski definition) is 1. The summed E-state index contributed by atoms with van der Waals surface area (Å²) < 4.78 is 5.39. The molecule has 0 aromatic carbocycles. The van der Waals surface area contributed by atoms with Crippen LogP contribution in [-0.2, 0) is 6.42 Å². The highest BCUT2D eigenvalue weighted by Gasteiger charge is 2.16. The summed E-state index contributed by atoms with van der Waals surface area (Å²) in [7, 11) is 0. The second-order valence-corrected chi connectivity index (χ2v) is 4.19. The fourth-order valence-corrected chi connectivity index (χ4v) is 1.90. The van der Waals surface area contributed by atoms with Crippen LogP contribution in [0.5, 0.6) is 0 Å². The number of hydrogen-bond acceptors (Lipinski definition) is 2. The van der Waals surface area contributed by atoms with Crippen molar-refractivity contribution in [2.24, 2.45) is 5.92 Å². The molecule has 1 rings (SSSR count). The minimum atomic E-state index is 0.569. The van der Waals surface area contributed by atoms with E-state index >= 15 is 0 Å². The summed E-state index contributed by atoms with van der Waals surface area (Å²) in [5.74, 6) is 1.77. The summed E-state index contributed by atoms with van der Waals surface area (Å²) in [4.78, 5) is 0. The third kappa shape index (κ3) is 4.08. The van der Waals surface area contributed by atoms with Crippen molar-refractivity contribution in [3.63, 3.8) is 0 Å². The fraction of sp³-hybridized carbons (Fsp3) is 0.692. The second kappa shape index (κ2) is 6.67. The van der Waals surface area contributed by atoms with Crippen LogP contribution in [0.4, 0.5) is 0 Å². The lowest BCUT2D eigenvalue weighted by molar-refractivity contribution is 0.338. The average molecular weight is 209 g/mol. The summed E-state index contributed by atoms with van der Waals surface area (Å²) in [5, 5.41) is 3.55. The van der Waals surface area contributed by atoms with Crippen LogP contribution in [0.2, 0.25) is 0 Å². The van der Waals surface area contributed by atoms with Crippen molar-refractivity contribution in [1.82, 2.24) is 5.32 Å². The second-order valence-electron chi connectivity index (χ2n) is 4.19. The molecule has 0 saturated heterocycles. The molecule has 2 nitrogen and oxygen atoms in total. The van der Waals surface area contributed by atoms with Crippen LogP contribution in [0.15, 0.2) is 22.8 Å². The first-order valence-electron chi connectivity index (χ1n) is 6.03. The van der Waals surface area contributed by atoms with Gasteiger partial charge in [0.1, 0.15) is 5.76 Å². The van der Waals surface area contributed by atoms with Crippen molar-refractivity contribution >= 4 is 0 Å². The molecule has 0 amide bonds. The highest BCUT2D eigenvalue weighted by Crippen LogP contribution is 2.16. The van der Waals surface area contributed by atoms with Gasteiger partial charge in [0.05, 0.1) is 6.26 Å². The van der Waals surface area contributed by atoms with Gasteiger partial charge in [-0.25, -0.2) is 0 Å². The molecular formula is C13H23NO. The van der Waals surface area contributed by atoms with Gasteiger partial charge in [0.25, 0.3) is 0 Å². The molecule has 0 saturated carbocycles. The zero-order valence-corrected chi connectivity index (χ0v) is 10.1. The van der Waals surface area contributed by atoms with Crippen molar-refractivity contribution in [1.29, 1.82) is 0 Å². The maximum Gasteiger partial charge on any atom is 0.104 e. The summed E-state index contributed by atoms with van der Waals surface area (Å²) in [6.07, 6.45) is 5.19. The summed E-state index contributed by atoms with van der Waals surface area (Å²) in [6.45, 7) is 7.83. The van der Waals surface area contributed by atoms with Crippen LogP contribution < -0.4 is 5.32 Å². The lowest BCUT2D eigenvalue weighted by atomic mass is 9.93. The third-order valence-corrected chi connectivity index (χ3v) is 2.99. The zero-order valence-electron chi connectivity index (χ0n) is 10.1. The summed E-state index contributed by atoms with van der Waals surface area (Å²) in [5.41, 5.74) is 0. The smallest absolute Gasteiger partial charge is 0.104 e. The van der Waals surface area contributed by atoms with Gasteiger partial charge >= 0.3 is 0 Å². The highest BCUT2D eigenvalue weighted by molar-refractivity contribution is 5.00. The lowest BCUT2D eigenvalue weighted by Gasteiger charge is -2.22. The zero-order chi connectivity index (χ0) is 11.1. The van der Waals surface area contributed by atoms with E-state index in [1.807, 2.05) is 6.07 Å². The minimum Gasteiger partial charge on any atom is -0.469 e. The Labute approximate surface area is 93.1 Å². The van der Waals surface area contributed by atoms with Gasteiger partial charge in [-0.05, 0) is 37.9 Å². The Morgan fingerprint density at radius 1 is 1.40 bits per heavy atom. The van der Waals surface area contributed by atoms with E-state index in [1.54, 1.807) is 6.26 Å². The lowest BCUT2D eigenvalue weighted by Crippen LogP contribution is -2.34. The fourth-order valence-electron chi connectivity index (χ4n) is 1.90. The van der Waals surface area contributed by atoms with Crippen LogP contribution >= 0.6 is 0 Å². The molecule has 0 aliphatic heterocycles. The van der Waals surface area contributed by atoms with E-state index in [9.17, 15) is 0 Å². The molecule has 1 aromatic rings. The average Bonchev–Trinajstić information content (AvgIpc) is 2.75. The molecule has 15 heavy (non-hydrogen) atoms. The molecule has 1 N–H and O–H groups in total. The largest absolute Gasteiger partial charge is 0.469 e. The Hall–Kier alpha value is -0.760. The van der Waals surface area contributed by atoms with Crippen LogP contribution in [0, 0.1) is 5.92 Å². The quantitative estimate of drug-likeness (QED) is 0.745. The normalized spacial score (nSPS) is 15.1. The third-order valence-electron chi connectivity index (χ3n) is 2.99. The van der Waals surface area contributed by atoms with E-state index in [0.717, 1.165) is 18.7 Å². The van der Waals surface area contributed by atoms with Crippen molar-refractivity contribution in [3.8, 4) is 0 Å². The topological polar surface area (TPSA) is 25.2 Å². The van der Waals surface area contributed by atoms with E-state index in [2.05, 4.69) is 32.2 Å². The van der Waals surface area contributed by atoms with Crippen molar-refractivity contribution < 1.29 is 4.42 Å². The highest BCUT2D eigenvalue weighted by atomic mass is 16.3. The van der Waals surface area contributed by atoms with Crippen LogP contribution in [0.25, 0.3) is 0 Å². The first-order chi connectivity index (χ1) is 7.27. The molecular weight excluding hydrogens is 186 g/mol. The molecule has 0 fully saturated rings. The van der Waals surface area contributed by atoms with Crippen molar-refractivity contribution in [3.05, 3.63) is 24.2 Å². The number of furan rings is 1. The number of rotatable bonds is 7. The molecule has 0 radical (unpaired) electrons. The molecule has 2 heteroatoms. The van der Waals surface area contributed by atoms with Gasteiger partial charge in [-0.1, -0.05) is 20.3 Å². The first-order valence-corrected chi connectivity index (χ1v) is 6.03. The van der Waals surface area contributed by atoms with E-state index in [0.29, 0.717) is 12.0 Å². The minimum absolute atomic E-state index is 0.569. The summed E-state index contributed by atoms with van der Waals surface area (Å²) in [6, 6.07) is 4.60. The monoisotopic (exact) mass is 209 g/mol. The Bertz CT molecular complexity index is 243. The molecule has 2 atom stereocenters. The van der Waals surface area contributed by atoms with Crippen LogP contribution in [0.3, 0.4) is 0 Å². The molecule has 0 aliphatic carbocycles. The Morgan fingerprint density at radius 3 is 2.73 bits per heavy atom. The van der Waals surface area contributed by atoms with E-state index < -0.39 is 0 Å². The van der Waals surface area contributed by atoms with Gasteiger partial charge in [-0.3, -0.25) is 0 Å². The SMILES string of the molecule is CCCNC(C)C(CC)Cc1ccco1. The maximum atomic E-state index is 5.39. The summed E-state index contributed by atoms with van der Waals surface area (Å²) >= 11 is 0. The van der Waals surface area contributed by atoms with Gasteiger partial charge < -0.3 is 9.73 Å². The van der Waals surface area contributed by atoms with E-state index in [1.165, 1.54) is 12.8 Å². The van der Waals surface area contributed by atoms with Crippen LogP contribution in [-0.4, -0.2) is 12.6 Å². The van der Waals surface area contributed by atoms with E-state index in [-0.39, 0.29) is 0 Å². The van der Waals surface area contributed by atoms with E-state index in [4.69, 9.17) is 4.42 Å². The van der Waals surface area contributed by atoms with Gasteiger partial charge in [-0.15, -0.1) is 0 Å². The Balaban J connectivity index is 2.40. The van der Waals surface area contributed by atoms with Gasteiger partial charge in [-0.2, -0.15) is 0 Å². The standard InChI is InChI=1S/C13H23NO/c1-4-8-14-11(3)12(5-2)10-13-7-6-9-15-13/h6-7,9,11-12,14H,4-5,8,10H2,1-3H3. The van der Waals surface area contributed by atoms with Gasteiger partial charge in [0, 0.05) is 12.5 Å². The molecule has 1 heterocycles. The molecule has 0 bridgehead atoms. The molecule has 0 spiro atoms. The Kier molecular flexibility index (Phi) is 5.48. The van der Waals surface area contributed by atoms with Crippen LogP contribution in [0.1, 0.15) is 39.4 Å². The number of nitrogens with one attached hydrogen (secondary N) is 1. The van der Waals surface area contributed by atoms with Gasteiger partial charge in [0.2, 0.25) is 0 Å². The molecule has 86 valence electrons. The molecule has 2 unspecified atom stereocenters. The Morgan fingerprint density at radius 2 is 2.20 bits per heavy atom. The molecule has 0 aliphatic rings. The first kappa shape index (κ1) is 12.3. The predicted molar refractivity (Wildman–Crippen MR) is 63.9 cm³/mol. The predicted octanol–water partition coefficient (Wildman–Crippen LogP) is 3.24.